The van der Waals surface area contributed by atoms with Crippen LogP contribution in [0.2, 0.25) is 0 Å². The van der Waals surface area contributed by atoms with Gasteiger partial charge in [0.25, 0.3) is 0 Å². The molecule has 0 amide bonds. The van der Waals surface area contributed by atoms with E-state index in [1.165, 1.54) is 11.9 Å². The van der Waals surface area contributed by atoms with Crippen molar-refractivity contribution in [2.75, 3.05) is 26.7 Å². The normalized spacial score (nSPS) is 14.8. The average Bonchev–Trinajstić information content (AvgIpc) is 2.51. The molecular weight excluding hydrogens is 323 g/mol. The lowest BCUT2D eigenvalue weighted by Gasteiger charge is -2.24. The first-order valence-electron chi connectivity index (χ1n) is 7.49. The fourth-order valence-corrected chi connectivity index (χ4v) is 2.39. The predicted octanol–water partition coefficient (Wildman–Crippen LogP) is 2.43. The van der Waals surface area contributed by atoms with Gasteiger partial charge < -0.3 is 19.8 Å². The van der Waals surface area contributed by atoms with Crippen molar-refractivity contribution in [2.24, 2.45) is 0 Å². The molecule has 0 spiro atoms. The first-order valence-corrected chi connectivity index (χ1v) is 7.49. The first kappa shape index (κ1) is 18.5. The van der Waals surface area contributed by atoms with E-state index in [0.717, 1.165) is 10.8 Å². The maximum Gasteiger partial charge on any atom is 0.415 e. The molecule has 0 fully saturated rings. The second kappa shape index (κ2) is 7.83. The smallest absolute Gasteiger partial charge is 0.415 e. The molecule has 0 aliphatic rings. The van der Waals surface area contributed by atoms with E-state index in [1.54, 1.807) is 6.07 Å². The number of rotatable bonds is 7. The molecule has 4 nitrogen and oxygen atoms in total. The summed E-state index contributed by atoms with van der Waals surface area (Å²) in [5.41, 5.74) is 0. The third-order valence-corrected chi connectivity index (χ3v) is 3.57. The largest absolute Gasteiger partial charge is 0.490 e. The summed E-state index contributed by atoms with van der Waals surface area (Å²) in [5.74, 6) is 0.602. The van der Waals surface area contributed by atoms with Crippen LogP contribution in [0, 0.1) is 0 Å². The minimum atomic E-state index is -4.67. The topological polar surface area (TPSA) is 52.9 Å². The van der Waals surface area contributed by atoms with Gasteiger partial charge in [-0.3, -0.25) is 0 Å². The Bertz CT molecular complexity index is 658. The molecule has 7 heteroatoms. The number of alkyl halides is 3. The van der Waals surface area contributed by atoms with E-state index in [-0.39, 0.29) is 13.2 Å². The van der Waals surface area contributed by atoms with Crippen LogP contribution in [0.4, 0.5) is 13.2 Å². The molecule has 0 saturated carbocycles. The lowest BCUT2D eigenvalue weighted by Crippen LogP contribution is -2.42. The Morgan fingerprint density at radius 2 is 1.71 bits per heavy atom. The summed E-state index contributed by atoms with van der Waals surface area (Å²) < 4.78 is 42.5. The van der Waals surface area contributed by atoms with Crippen LogP contribution >= 0.6 is 0 Å². The van der Waals surface area contributed by atoms with E-state index in [1.807, 2.05) is 36.4 Å². The minimum absolute atomic E-state index is 0.0437. The van der Waals surface area contributed by atoms with Crippen molar-refractivity contribution in [3.05, 3.63) is 42.5 Å². The fourth-order valence-electron chi connectivity index (χ4n) is 2.39. The number of ether oxygens (including phenoxy) is 1. The average molecular weight is 343 g/mol. The Balaban J connectivity index is 1.87. The van der Waals surface area contributed by atoms with Crippen molar-refractivity contribution >= 4 is 10.8 Å². The molecule has 2 N–H and O–H groups in total. The maximum atomic E-state index is 12.3. The second-order valence-corrected chi connectivity index (χ2v) is 5.72. The predicted molar refractivity (Wildman–Crippen MR) is 85.0 cm³/mol. The lowest BCUT2D eigenvalue weighted by atomic mass is 10.1. The van der Waals surface area contributed by atoms with Crippen LogP contribution in [0.15, 0.2) is 42.5 Å². The minimum Gasteiger partial charge on any atom is -0.490 e. The molecule has 0 aromatic heterocycles. The lowest BCUT2D eigenvalue weighted by molar-refractivity contribution is -0.208. The summed E-state index contributed by atoms with van der Waals surface area (Å²) in [6.45, 7) is -0.701. The summed E-state index contributed by atoms with van der Waals surface area (Å²) in [5, 5.41) is 20.8. The quantitative estimate of drug-likeness (QED) is 0.811. The summed E-state index contributed by atoms with van der Waals surface area (Å²) >= 11 is 0. The third kappa shape index (κ3) is 5.09. The number of nitrogens with zero attached hydrogens (tertiary/aromatic N) is 1. The monoisotopic (exact) mass is 343 g/mol. The highest BCUT2D eigenvalue weighted by molar-refractivity contribution is 5.88. The van der Waals surface area contributed by atoms with Crippen molar-refractivity contribution in [3.8, 4) is 5.75 Å². The number of likely N-dealkylation sites (N-methyl/N-ethyl adjacent to an activating group) is 1. The molecule has 2 aromatic rings. The maximum absolute atomic E-state index is 12.3. The number of benzene rings is 2. The van der Waals surface area contributed by atoms with E-state index in [9.17, 15) is 18.3 Å². The molecule has 2 atom stereocenters. The molecule has 0 aliphatic carbocycles. The molecular formula is C17H20F3NO3. The van der Waals surface area contributed by atoms with Crippen molar-refractivity contribution < 1.29 is 28.1 Å². The van der Waals surface area contributed by atoms with Crippen LogP contribution in [0.5, 0.6) is 5.75 Å². The summed E-state index contributed by atoms with van der Waals surface area (Å²) in [7, 11) is 1.40. The highest BCUT2D eigenvalue weighted by Crippen LogP contribution is 2.25. The zero-order valence-electron chi connectivity index (χ0n) is 13.2. The fraction of sp³-hybridized carbons (Fsp3) is 0.412. The summed E-state index contributed by atoms with van der Waals surface area (Å²) in [6, 6.07) is 13.1. The van der Waals surface area contributed by atoms with Crippen molar-refractivity contribution in [3.63, 3.8) is 0 Å². The van der Waals surface area contributed by atoms with Gasteiger partial charge in [-0.15, -0.1) is 0 Å². The number of aliphatic hydroxyl groups is 2. The number of fused-ring (bicyclic) bond motifs is 1. The first-order chi connectivity index (χ1) is 11.3. The highest BCUT2D eigenvalue weighted by Gasteiger charge is 2.38. The molecule has 2 aromatic carbocycles. The Labute approximate surface area is 138 Å². The van der Waals surface area contributed by atoms with Crippen LogP contribution in [0.1, 0.15) is 0 Å². The molecule has 132 valence electrons. The molecule has 0 saturated heterocycles. The molecule has 0 heterocycles. The van der Waals surface area contributed by atoms with Gasteiger partial charge >= 0.3 is 6.18 Å². The van der Waals surface area contributed by atoms with Gasteiger partial charge in [-0.2, -0.15) is 13.2 Å². The Morgan fingerprint density at radius 3 is 2.42 bits per heavy atom. The van der Waals surface area contributed by atoms with Crippen molar-refractivity contribution in [1.29, 1.82) is 0 Å². The van der Waals surface area contributed by atoms with Gasteiger partial charge in [-0.1, -0.05) is 36.4 Å². The van der Waals surface area contributed by atoms with E-state index in [4.69, 9.17) is 9.84 Å². The van der Waals surface area contributed by atoms with Crippen molar-refractivity contribution in [1.82, 2.24) is 4.90 Å². The van der Waals surface area contributed by atoms with E-state index >= 15 is 0 Å². The number of halogens is 3. The molecule has 0 aliphatic heterocycles. The summed E-state index contributed by atoms with van der Waals surface area (Å²) in [6.07, 6.45) is -8.08. The number of hydrogen-bond donors (Lipinski definition) is 2. The van der Waals surface area contributed by atoms with Crippen LogP contribution in [-0.2, 0) is 0 Å². The third-order valence-electron chi connectivity index (χ3n) is 3.57. The van der Waals surface area contributed by atoms with Crippen LogP contribution in [0.3, 0.4) is 0 Å². The van der Waals surface area contributed by atoms with Gasteiger partial charge in [-0.25, -0.2) is 0 Å². The molecule has 24 heavy (non-hydrogen) atoms. The van der Waals surface area contributed by atoms with Gasteiger partial charge in [0.1, 0.15) is 18.5 Å². The zero-order valence-corrected chi connectivity index (χ0v) is 13.2. The molecule has 0 bridgehead atoms. The SMILES string of the molecule is CN(CC(O)COc1cccc2ccccc12)CC(O)C(F)(F)F. The van der Waals surface area contributed by atoms with Gasteiger partial charge in [0.05, 0.1) is 0 Å². The standard InChI is InChI=1S/C17H20F3NO3/c1-21(10-16(23)17(18,19)20)9-13(22)11-24-15-8-4-6-12-5-2-3-7-14(12)15/h2-8,13,16,22-23H,9-11H2,1H3. The van der Waals surface area contributed by atoms with Crippen LogP contribution in [-0.4, -0.2) is 60.2 Å². The molecule has 0 radical (unpaired) electrons. The van der Waals surface area contributed by atoms with E-state index in [2.05, 4.69) is 0 Å². The van der Waals surface area contributed by atoms with Gasteiger partial charge in [0.2, 0.25) is 0 Å². The zero-order chi connectivity index (χ0) is 17.7. The number of aliphatic hydroxyl groups excluding tert-OH is 2. The van der Waals surface area contributed by atoms with Crippen molar-refractivity contribution in [2.45, 2.75) is 18.4 Å². The highest BCUT2D eigenvalue weighted by atomic mass is 19.4. The number of hydrogen-bond acceptors (Lipinski definition) is 4. The molecule has 2 unspecified atom stereocenters. The Kier molecular flexibility index (Phi) is 6.04. The molecule has 2 rings (SSSR count). The van der Waals surface area contributed by atoms with E-state index in [0.29, 0.717) is 5.75 Å². The van der Waals surface area contributed by atoms with Gasteiger partial charge in [-0.05, 0) is 18.5 Å². The van der Waals surface area contributed by atoms with Gasteiger partial charge in [0.15, 0.2) is 6.10 Å². The second-order valence-electron chi connectivity index (χ2n) is 5.72. The van der Waals surface area contributed by atoms with Gasteiger partial charge in [0, 0.05) is 18.5 Å². The Morgan fingerprint density at radius 1 is 1.04 bits per heavy atom. The van der Waals surface area contributed by atoms with Crippen LogP contribution in [0.25, 0.3) is 10.8 Å². The Hall–Kier alpha value is -1.83. The van der Waals surface area contributed by atoms with E-state index < -0.39 is 24.9 Å². The van der Waals surface area contributed by atoms with Crippen LogP contribution < -0.4 is 4.74 Å². The summed E-state index contributed by atoms with van der Waals surface area (Å²) in [4.78, 5) is 1.22.